The van der Waals surface area contributed by atoms with Crippen molar-refractivity contribution in [1.29, 1.82) is 0 Å². The summed E-state index contributed by atoms with van der Waals surface area (Å²) in [6.45, 7) is 4.78. The summed E-state index contributed by atoms with van der Waals surface area (Å²) in [4.78, 5) is 11.3. The van der Waals surface area contributed by atoms with Gasteiger partial charge in [0, 0.05) is 6.04 Å². The third kappa shape index (κ3) is 5.39. The Bertz CT molecular complexity index is 227. The van der Waals surface area contributed by atoms with Crippen LogP contribution < -0.4 is 5.32 Å². The van der Waals surface area contributed by atoms with Crippen molar-refractivity contribution in [3.63, 3.8) is 0 Å². The molecule has 0 aromatic carbocycles. The van der Waals surface area contributed by atoms with Crippen molar-refractivity contribution in [3.8, 4) is 0 Å². The summed E-state index contributed by atoms with van der Waals surface area (Å²) in [5, 5.41) is 2.64. The average Bonchev–Trinajstić information content (AvgIpc) is 2.08. The molecule has 1 atom stereocenters. The Morgan fingerprint density at radius 3 is 3.07 bits per heavy atom. The summed E-state index contributed by atoms with van der Waals surface area (Å²) >= 11 is 0. The van der Waals surface area contributed by atoms with Crippen molar-refractivity contribution in [2.75, 3.05) is 20.0 Å². The summed E-state index contributed by atoms with van der Waals surface area (Å²) in [5.74, 6) is 0. The zero-order chi connectivity index (χ0) is 11.1. The molecule has 0 spiro atoms. The fraction of sp³-hybridized carbons (Fsp3) is 0.700. The maximum Gasteiger partial charge on any atom is 0.408 e. The van der Waals surface area contributed by atoms with Gasteiger partial charge in [-0.15, -0.1) is 0 Å². The largest absolute Gasteiger partial charge is 0.440 e. The molecule has 0 aliphatic carbocycles. The number of carbonyl (C=O) groups excluding carboxylic acids is 1. The van der Waals surface area contributed by atoms with Gasteiger partial charge in [0.1, 0.15) is 12.9 Å². The number of nitrogens with one attached hydrogen (secondary N) is 1. The second-order valence-electron chi connectivity index (χ2n) is 3.53. The highest BCUT2D eigenvalue weighted by Gasteiger charge is 2.13. The molecule has 1 heterocycles. The van der Waals surface area contributed by atoms with Crippen LogP contribution in [0.1, 0.15) is 13.8 Å². The van der Waals surface area contributed by atoms with E-state index in [9.17, 15) is 4.79 Å². The van der Waals surface area contributed by atoms with Crippen LogP contribution in [0.5, 0.6) is 0 Å². The van der Waals surface area contributed by atoms with Gasteiger partial charge >= 0.3 is 6.09 Å². The highest BCUT2D eigenvalue weighted by Crippen LogP contribution is 2.00. The molecule has 15 heavy (non-hydrogen) atoms. The van der Waals surface area contributed by atoms with Crippen molar-refractivity contribution >= 4 is 6.09 Å². The Kier molecular flexibility index (Phi) is 5.14. The van der Waals surface area contributed by atoms with E-state index in [1.807, 2.05) is 19.9 Å². The van der Waals surface area contributed by atoms with Crippen molar-refractivity contribution in [1.82, 2.24) is 5.32 Å². The number of carbonyl (C=O) groups is 1. The van der Waals surface area contributed by atoms with E-state index in [1.54, 1.807) is 6.08 Å². The lowest BCUT2D eigenvalue weighted by molar-refractivity contribution is -0.0703. The molecule has 0 saturated carbocycles. The average molecular weight is 215 g/mol. The van der Waals surface area contributed by atoms with Gasteiger partial charge in [0.15, 0.2) is 0 Å². The molecular weight excluding hydrogens is 198 g/mol. The van der Waals surface area contributed by atoms with Crippen LogP contribution in [0, 0.1) is 0 Å². The summed E-state index contributed by atoms with van der Waals surface area (Å²) in [6.07, 6.45) is 2.81. The molecule has 1 unspecified atom stereocenters. The molecule has 0 aromatic heterocycles. The molecule has 1 N–H and O–H groups in total. The Hall–Kier alpha value is -1.07. The van der Waals surface area contributed by atoms with Crippen LogP contribution in [-0.2, 0) is 14.2 Å². The minimum atomic E-state index is -0.426. The first-order chi connectivity index (χ1) is 7.18. The lowest BCUT2D eigenvalue weighted by Crippen LogP contribution is -2.35. The van der Waals surface area contributed by atoms with E-state index >= 15 is 0 Å². The van der Waals surface area contributed by atoms with Crippen molar-refractivity contribution < 1.29 is 19.0 Å². The quantitative estimate of drug-likeness (QED) is 0.699. The van der Waals surface area contributed by atoms with Gasteiger partial charge in [0.2, 0.25) is 0 Å². The summed E-state index contributed by atoms with van der Waals surface area (Å²) < 4.78 is 15.3. The monoisotopic (exact) mass is 215 g/mol. The highest BCUT2D eigenvalue weighted by molar-refractivity contribution is 5.67. The first kappa shape index (κ1) is 12.0. The zero-order valence-corrected chi connectivity index (χ0v) is 9.06. The molecular formula is C10H17NO4. The van der Waals surface area contributed by atoms with Crippen molar-refractivity contribution in [2.24, 2.45) is 0 Å². The standard InChI is InChI=1S/C10H17NO4/c1-8(2)11-10(12)15-9-4-3-5-13-7-14-6-9/h3-4,8-9H,5-7H2,1-2H3,(H,11,12)/b4-3+. The zero-order valence-electron chi connectivity index (χ0n) is 9.06. The molecule has 0 aromatic rings. The fourth-order valence-electron chi connectivity index (χ4n) is 1.08. The second-order valence-corrected chi connectivity index (χ2v) is 3.53. The van der Waals surface area contributed by atoms with Gasteiger partial charge < -0.3 is 19.5 Å². The maximum absolute atomic E-state index is 11.3. The predicted octanol–water partition coefficient (Wildman–Crippen LogP) is 1.05. The number of ether oxygens (including phenoxy) is 3. The van der Waals surface area contributed by atoms with Crippen LogP contribution in [0.2, 0.25) is 0 Å². The van der Waals surface area contributed by atoms with Crippen LogP contribution in [0.15, 0.2) is 12.2 Å². The van der Waals surface area contributed by atoms with Gasteiger partial charge in [-0.05, 0) is 19.9 Å². The van der Waals surface area contributed by atoms with Crippen molar-refractivity contribution in [3.05, 3.63) is 12.2 Å². The number of hydrogen-bond donors (Lipinski definition) is 1. The van der Waals surface area contributed by atoms with E-state index in [0.29, 0.717) is 13.2 Å². The lowest BCUT2D eigenvalue weighted by atomic mass is 10.3. The Labute approximate surface area is 89.4 Å². The van der Waals surface area contributed by atoms with Crippen LogP contribution in [0.25, 0.3) is 0 Å². The minimum absolute atomic E-state index is 0.0688. The SMILES string of the molecule is CC(C)NC(=O)OC1/C=C/COCOC1. The number of alkyl carbamates (subject to hydrolysis) is 1. The molecule has 0 radical (unpaired) electrons. The molecule has 1 aliphatic rings. The van der Waals surface area contributed by atoms with Gasteiger partial charge in [-0.25, -0.2) is 4.79 Å². The minimum Gasteiger partial charge on any atom is -0.440 e. The van der Waals surface area contributed by atoms with E-state index in [4.69, 9.17) is 14.2 Å². The normalized spacial score (nSPS) is 24.1. The highest BCUT2D eigenvalue weighted by atomic mass is 16.7. The molecule has 0 fully saturated rings. The van der Waals surface area contributed by atoms with Crippen LogP contribution in [0.4, 0.5) is 4.79 Å². The smallest absolute Gasteiger partial charge is 0.408 e. The van der Waals surface area contributed by atoms with E-state index < -0.39 is 6.09 Å². The Balaban J connectivity index is 2.34. The molecule has 1 amide bonds. The van der Waals surface area contributed by atoms with Gasteiger partial charge in [0.25, 0.3) is 0 Å². The van der Waals surface area contributed by atoms with E-state index in [1.165, 1.54) is 0 Å². The maximum atomic E-state index is 11.3. The van der Waals surface area contributed by atoms with Gasteiger partial charge in [-0.3, -0.25) is 0 Å². The molecule has 5 heteroatoms. The molecule has 5 nitrogen and oxygen atoms in total. The number of rotatable bonds is 2. The van der Waals surface area contributed by atoms with E-state index in [2.05, 4.69) is 5.32 Å². The lowest BCUT2D eigenvalue weighted by Gasteiger charge is -2.18. The van der Waals surface area contributed by atoms with Crippen LogP contribution >= 0.6 is 0 Å². The molecule has 0 saturated heterocycles. The first-order valence-corrected chi connectivity index (χ1v) is 4.98. The number of hydrogen-bond acceptors (Lipinski definition) is 4. The molecule has 1 rings (SSSR count). The van der Waals surface area contributed by atoms with Gasteiger partial charge in [-0.1, -0.05) is 6.08 Å². The summed E-state index contributed by atoms with van der Waals surface area (Å²) in [7, 11) is 0. The third-order valence-corrected chi connectivity index (χ3v) is 1.68. The Morgan fingerprint density at radius 1 is 1.53 bits per heavy atom. The molecule has 0 bridgehead atoms. The van der Waals surface area contributed by atoms with Crippen LogP contribution in [0.3, 0.4) is 0 Å². The van der Waals surface area contributed by atoms with Gasteiger partial charge in [-0.2, -0.15) is 0 Å². The fourth-order valence-corrected chi connectivity index (χ4v) is 1.08. The van der Waals surface area contributed by atoms with Crippen LogP contribution in [-0.4, -0.2) is 38.2 Å². The topological polar surface area (TPSA) is 56.8 Å². The number of amides is 1. The molecule has 86 valence electrons. The third-order valence-electron chi connectivity index (χ3n) is 1.68. The summed E-state index contributed by atoms with van der Waals surface area (Å²) in [5.41, 5.74) is 0. The second kappa shape index (κ2) is 6.42. The van der Waals surface area contributed by atoms with E-state index in [0.717, 1.165) is 0 Å². The van der Waals surface area contributed by atoms with Crippen molar-refractivity contribution in [2.45, 2.75) is 26.0 Å². The summed E-state index contributed by atoms with van der Waals surface area (Å²) in [6, 6.07) is 0.0688. The van der Waals surface area contributed by atoms with Gasteiger partial charge in [0.05, 0.1) is 13.2 Å². The predicted molar refractivity (Wildman–Crippen MR) is 54.5 cm³/mol. The first-order valence-electron chi connectivity index (χ1n) is 4.98. The molecule has 1 aliphatic heterocycles. The van der Waals surface area contributed by atoms with E-state index in [-0.39, 0.29) is 18.9 Å². The Morgan fingerprint density at radius 2 is 2.33 bits per heavy atom.